The monoisotopic (exact) mass is 260 g/mol. The smallest absolute Gasteiger partial charge is 0.236 e. The molecule has 0 rings (SSSR count). The lowest BCUT2D eigenvalue weighted by molar-refractivity contribution is -0.122. The Morgan fingerprint density at radius 3 is 2.44 bits per heavy atom. The van der Waals surface area contributed by atoms with Gasteiger partial charge in [0.1, 0.15) is 0 Å². The molecule has 5 heteroatoms. The van der Waals surface area contributed by atoms with Crippen LogP contribution in [-0.4, -0.2) is 51.5 Å². The Kier molecular flexibility index (Phi) is 11.0. The summed E-state index contributed by atoms with van der Waals surface area (Å²) >= 11 is 0. The van der Waals surface area contributed by atoms with Crippen LogP contribution in [0.15, 0.2) is 0 Å². The number of nitrogens with one attached hydrogen (secondary N) is 2. The minimum Gasteiger partial charge on any atom is -0.383 e. The maximum atomic E-state index is 11.6. The van der Waals surface area contributed by atoms with Crippen LogP contribution >= 0.6 is 0 Å². The molecule has 1 amide bonds. The molecule has 0 saturated heterocycles. The maximum Gasteiger partial charge on any atom is 0.236 e. The van der Waals surface area contributed by atoms with E-state index in [4.69, 9.17) is 9.47 Å². The van der Waals surface area contributed by atoms with Crippen molar-refractivity contribution in [2.75, 3.05) is 33.4 Å². The predicted molar refractivity (Wildman–Crippen MR) is 72.7 cm³/mol. The number of hydrogen-bond acceptors (Lipinski definition) is 4. The molecule has 0 heterocycles. The Morgan fingerprint density at radius 1 is 1.11 bits per heavy atom. The molecule has 0 fully saturated rings. The number of rotatable bonds is 11. The van der Waals surface area contributed by atoms with E-state index in [0.29, 0.717) is 19.3 Å². The summed E-state index contributed by atoms with van der Waals surface area (Å²) in [6.45, 7) is 8.66. The fourth-order valence-electron chi connectivity index (χ4n) is 1.39. The number of ether oxygens (including phenoxy) is 2. The largest absolute Gasteiger partial charge is 0.383 e. The third-order valence-electron chi connectivity index (χ3n) is 2.47. The first kappa shape index (κ1) is 17.4. The van der Waals surface area contributed by atoms with Gasteiger partial charge in [-0.25, -0.2) is 0 Å². The molecule has 0 saturated carbocycles. The SMILES string of the molecule is COCCNC(=O)C(C)NCCCCOC(C)C. The average molecular weight is 260 g/mol. The molecule has 0 bridgehead atoms. The van der Waals surface area contributed by atoms with E-state index >= 15 is 0 Å². The summed E-state index contributed by atoms with van der Waals surface area (Å²) in [4.78, 5) is 11.6. The highest BCUT2D eigenvalue weighted by Crippen LogP contribution is 1.94. The molecule has 0 aromatic heterocycles. The molecule has 108 valence electrons. The van der Waals surface area contributed by atoms with E-state index < -0.39 is 0 Å². The van der Waals surface area contributed by atoms with E-state index in [9.17, 15) is 4.79 Å². The van der Waals surface area contributed by atoms with Crippen molar-refractivity contribution in [3.8, 4) is 0 Å². The molecule has 1 atom stereocenters. The zero-order valence-electron chi connectivity index (χ0n) is 12.1. The standard InChI is InChI=1S/C13H28N2O3/c1-11(2)18-9-6-5-7-14-12(3)13(16)15-8-10-17-4/h11-12,14H,5-10H2,1-4H3,(H,15,16). The summed E-state index contributed by atoms with van der Waals surface area (Å²) in [6.07, 6.45) is 2.33. The second kappa shape index (κ2) is 11.4. The van der Waals surface area contributed by atoms with Gasteiger partial charge in [-0.15, -0.1) is 0 Å². The fraction of sp³-hybridized carbons (Fsp3) is 0.923. The van der Waals surface area contributed by atoms with Crippen molar-refractivity contribution < 1.29 is 14.3 Å². The van der Waals surface area contributed by atoms with Crippen molar-refractivity contribution in [2.24, 2.45) is 0 Å². The Labute approximate surface area is 111 Å². The van der Waals surface area contributed by atoms with Crippen molar-refractivity contribution in [1.82, 2.24) is 10.6 Å². The van der Waals surface area contributed by atoms with Crippen molar-refractivity contribution in [2.45, 2.75) is 45.8 Å². The summed E-state index contributed by atoms with van der Waals surface area (Å²) in [6, 6.07) is -0.159. The molecular formula is C13H28N2O3. The van der Waals surface area contributed by atoms with Gasteiger partial charge in [-0.05, 0) is 40.2 Å². The molecule has 2 N–H and O–H groups in total. The van der Waals surface area contributed by atoms with Gasteiger partial charge in [-0.1, -0.05) is 0 Å². The quantitative estimate of drug-likeness (QED) is 0.543. The second-order valence-corrected chi connectivity index (χ2v) is 4.59. The first-order valence-electron chi connectivity index (χ1n) is 6.69. The van der Waals surface area contributed by atoms with E-state index in [-0.39, 0.29) is 11.9 Å². The van der Waals surface area contributed by atoms with Crippen LogP contribution in [0.1, 0.15) is 33.6 Å². The van der Waals surface area contributed by atoms with E-state index in [0.717, 1.165) is 26.0 Å². The molecular weight excluding hydrogens is 232 g/mol. The number of carbonyl (C=O) groups excluding carboxylic acids is 1. The second-order valence-electron chi connectivity index (χ2n) is 4.59. The van der Waals surface area contributed by atoms with Gasteiger partial charge in [-0.3, -0.25) is 4.79 Å². The van der Waals surface area contributed by atoms with Gasteiger partial charge >= 0.3 is 0 Å². The first-order valence-corrected chi connectivity index (χ1v) is 6.69. The van der Waals surface area contributed by atoms with Crippen LogP contribution in [0.4, 0.5) is 0 Å². The predicted octanol–water partition coefficient (Wildman–Crippen LogP) is 0.932. The van der Waals surface area contributed by atoms with Gasteiger partial charge in [-0.2, -0.15) is 0 Å². The van der Waals surface area contributed by atoms with Crippen LogP contribution in [0, 0.1) is 0 Å². The lowest BCUT2D eigenvalue weighted by Crippen LogP contribution is -2.43. The van der Waals surface area contributed by atoms with Crippen molar-refractivity contribution in [3.05, 3.63) is 0 Å². The molecule has 0 spiro atoms. The summed E-state index contributed by atoms with van der Waals surface area (Å²) in [7, 11) is 1.62. The Balaban J connectivity index is 3.40. The Hall–Kier alpha value is -0.650. The number of methoxy groups -OCH3 is 1. The number of amides is 1. The third kappa shape index (κ3) is 10.5. The minimum atomic E-state index is -0.159. The van der Waals surface area contributed by atoms with Gasteiger partial charge in [0.25, 0.3) is 0 Å². The highest BCUT2D eigenvalue weighted by molar-refractivity contribution is 5.81. The topological polar surface area (TPSA) is 59.6 Å². The summed E-state index contributed by atoms with van der Waals surface area (Å²) in [5.74, 6) is 0.0190. The fourth-order valence-corrected chi connectivity index (χ4v) is 1.39. The molecule has 0 aliphatic carbocycles. The lowest BCUT2D eigenvalue weighted by atomic mass is 10.2. The number of unbranched alkanes of at least 4 members (excludes halogenated alkanes) is 1. The van der Waals surface area contributed by atoms with Crippen molar-refractivity contribution in [3.63, 3.8) is 0 Å². The number of carbonyl (C=O) groups is 1. The van der Waals surface area contributed by atoms with Crippen LogP contribution in [0.25, 0.3) is 0 Å². The van der Waals surface area contributed by atoms with E-state index in [1.54, 1.807) is 7.11 Å². The minimum absolute atomic E-state index is 0.0190. The first-order chi connectivity index (χ1) is 8.57. The lowest BCUT2D eigenvalue weighted by Gasteiger charge is -2.14. The van der Waals surface area contributed by atoms with Crippen LogP contribution in [0.3, 0.4) is 0 Å². The van der Waals surface area contributed by atoms with Crippen LogP contribution in [0.5, 0.6) is 0 Å². The van der Waals surface area contributed by atoms with Crippen LogP contribution in [0.2, 0.25) is 0 Å². The molecule has 18 heavy (non-hydrogen) atoms. The molecule has 0 aromatic rings. The third-order valence-corrected chi connectivity index (χ3v) is 2.47. The van der Waals surface area contributed by atoms with Gasteiger partial charge < -0.3 is 20.1 Å². The summed E-state index contributed by atoms with van der Waals surface area (Å²) < 4.78 is 10.3. The normalized spacial score (nSPS) is 12.7. The number of hydrogen-bond donors (Lipinski definition) is 2. The van der Waals surface area contributed by atoms with Crippen molar-refractivity contribution in [1.29, 1.82) is 0 Å². The molecule has 0 radical (unpaired) electrons. The Bertz CT molecular complexity index is 210. The van der Waals surface area contributed by atoms with Gasteiger partial charge in [0.2, 0.25) is 5.91 Å². The molecule has 0 aromatic carbocycles. The van der Waals surface area contributed by atoms with Gasteiger partial charge in [0.05, 0.1) is 18.8 Å². The molecule has 0 aliphatic rings. The van der Waals surface area contributed by atoms with Gasteiger partial charge in [0.15, 0.2) is 0 Å². The molecule has 0 aliphatic heterocycles. The van der Waals surface area contributed by atoms with Gasteiger partial charge in [0, 0.05) is 20.3 Å². The van der Waals surface area contributed by atoms with Crippen LogP contribution < -0.4 is 10.6 Å². The van der Waals surface area contributed by atoms with Crippen LogP contribution in [-0.2, 0) is 14.3 Å². The summed E-state index contributed by atoms with van der Waals surface area (Å²) in [5.41, 5.74) is 0. The zero-order chi connectivity index (χ0) is 13.8. The van der Waals surface area contributed by atoms with E-state index in [2.05, 4.69) is 10.6 Å². The van der Waals surface area contributed by atoms with Crippen molar-refractivity contribution >= 4 is 5.91 Å². The zero-order valence-corrected chi connectivity index (χ0v) is 12.1. The highest BCUT2D eigenvalue weighted by atomic mass is 16.5. The molecule has 1 unspecified atom stereocenters. The van der Waals surface area contributed by atoms with E-state index in [1.807, 2.05) is 20.8 Å². The highest BCUT2D eigenvalue weighted by Gasteiger charge is 2.10. The molecule has 5 nitrogen and oxygen atoms in total. The van der Waals surface area contributed by atoms with E-state index in [1.165, 1.54) is 0 Å². The summed E-state index contributed by atoms with van der Waals surface area (Å²) in [5, 5.41) is 5.99. The average Bonchev–Trinajstić information content (AvgIpc) is 2.33. The maximum absolute atomic E-state index is 11.6. The Morgan fingerprint density at radius 2 is 1.83 bits per heavy atom.